The summed E-state index contributed by atoms with van der Waals surface area (Å²) in [5, 5.41) is 3.97. The third kappa shape index (κ3) is 2.76. The number of hydrogen-bond donors (Lipinski definition) is 1. The lowest BCUT2D eigenvalue weighted by atomic mass is 10.1. The molecule has 0 atom stereocenters. The Hall–Kier alpha value is -2.30. The van der Waals surface area contributed by atoms with Gasteiger partial charge in [0.15, 0.2) is 5.78 Å². The van der Waals surface area contributed by atoms with Gasteiger partial charge in [0, 0.05) is 12.6 Å². The van der Waals surface area contributed by atoms with Crippen molar-refractivity contribution < 1.29 is 9.53 Å². The minimum atomic E-state index is -0.137. The van der Waals surface area contributed by atoms with E-state index in [0.717, 1.165) is 5.75 Å². The molecule has 0 saturated heterocycles. The van der Waals surface area contributed by atoms with Gasteiger partial charge in [-0.25, -0.2) is 0 Å². The van der Waals surface area contributed by atoms with E-state index >= 15 is 0 Å². The predicted octanol–water partition coefficient (Wildman–Crippen LogP) is 2.02. The number of aryl methyl sites for hydroxylation is 1. The van der Waals surface area contributed by atoms with Crippen molar-refractivity contribution in [2.75, 3.05) is 5.73 Å². The molecule has 5 heteroatoms. The molecule has 0 aliphatic rings. The zero-order valence-electron chi connectivity index (χ0n) is 11.3. The van der Waals surface area contributed by atoms with Crippen LogP contribution in [0.25, 0.3) is 0 Å². The van der Waals surface area contributed by atoms with Crippen LogP contribution < -0.4 is 10.5 Å². The quantitative estimate of drug-likeness (QED) is 0.853. The summed E-state index contributed by atoms with van der Waals surface area (Å²) in [5.74, 6) is 0.972. The van der Waals surface area contributed by atoms with Crippen LogP contribution in [0.15, 0.2) is 30.5 Å². The van der Waals surface area contributed by atoms with Gasteiger partial charge in [-0.1, -0.05) is 0 Å². The zero-order chi connectivity index (χ0) is 14.0. The highest BCUT2D eigenvalue weighted by molar-refractivity contribution is 6.11. The number of hydrogen-bond acceptors (Lipinski definition) is 4. The van der Waals surface area contributed by atoms with E-state index < -0.39 is 0 Å². The summed E-state index contributed by atoms with van der Waals surface area (Å²) in [6, 6.07) is 7.01. The molecule has 1 aromatic heterocycles. The maximum absolute atomic E-state index is 12.2. The van der Waals surface area contributed by atoms with Crippen LogP contribution in [0, 0.1) is 0 Å². The number of aromatic nitrogens is 2. The molecule has 19 heavy (non-hydrogen) atoms. The van der Waals surface area contributed by atoms with Crippen molar-refractivity contribution in [3.8, 4) is 5.75 Å². The third-order valence-electron chi connectivity index (χ3n) is 2.72. The molecule has 0 saturated carbocycles. The molecule has 1 aromatic carbocycles. The summed E-state index contributed by atoms with van der Waals surface area (Å²) in [4.78, 5) is 12.2. The Morgan fingerprint density at radius 2 is 1.95 bits per heavy atom. The van der Waals surface area contributed by atoms with Crippen molar-refractivity contribution in [1.29, 1.82) is 0 Å². The summed E-state index contributed by atoms with van der Waals surface area (Å²) in [7, 11) is 1.70. The average Bonchev–Trinajstić information content (AvgIpc) is 2.69. The monoisotopic (exact) mass is 259 g/mol. The van der Waals surface area contributed by atoms with Crippen LogP contribution in [0.5, 0.6) is 5.75 Å². The van der Waals surface area contributed by atoms with E-state index in [1.165, 1.54) is 10.9 Å². The topological polar surface area (TPSA) is 70.1 Å². The van der Waals surface area contributed by atoms with Gasteiger partial charge in [0.2, 0.25) is 0 Å². The first-order valence-electron chi connectivity index (χ1n) is 6.08. The van der Waals surface area contributed by atoms with Gasteiger partial charge in [-0.15, -0.1) is 0 Å². The maximum atomic E-state index is 12.2. The van der Waals surface area contributed by atoms with Crippen molar-refractivity contribution >= 4 is 11.6 Å². The molecular formula is C14H17N3O2. The molecule has 0 spiro atoms. The molecule has 0 fully saturated rings. The van der Waals surface area contributed by atoms with E-state index in [1.54, 1.807) is 31.3 Å². The van der Waals surface area contributed by atoms with Crippen LogP contribution in [-0.2, 0) is 7.05 Å². The van der Waals surface area contributed by atoms with Gasteiger partial charge in [-0.05, 0) is 38.1 Å². The number of nitrogen functional groups attached to an aromatic ring is 1. The fourth-order valence-electron chi connectivity index (χ4n) is 1.73. The Morgan fingerprint density at radius 1 is 1.32 bits per heavy atom. The van der Waals surface area contributed by atoms with Crippen LogP contribution in [0.1, 0.15) is 29.8 Å². The molecule has 2 N–H and O–H groups in total. The van der Waals surface area contributed by atoms with Gasteiger partial charge >= 0.3 is 0 Å². The lowest BCUT2D eigenvalue weighted by molar-refractivity contribution is 0.103. The van der Waals surface area contributed by atoms with Gasteiger partial charge in [0.1, 0.15) is 11.6 Å². The highest BCUT2D eigenvalue weighted by Gasteiger charge is 2.15. The minimum absolute atomic E-state index is 0.107. The minimum Gasteiger partial charge on any atom is -0.491 e. The van der Waals surface area contributed by atoms with Crippen molar-refractivity contribution in [1.82, 2.24) is 9.78 Å². The van der Waals surface area contributed by atoms with Crippen molar-refractivity contribution in [2.24, 2.45) is 7.05 Å². The number of carbonyl (C=O) groups is 1. The van der Waals surface area contributed by atoms with Crippen molar-refractivity contribution in [3.05, 3.63) is 41.6 Å². The number of nitrogens with zero attached hydrogens (tertiary/aromatic N) is 2. The van der Waals surface area contributed by atoms with E-state index in [-0.39, 0.29) is 11.9 Å². The number of anilines is 1. The fraction of sp³-hybridized carbons (Fsp3) is 0.286. The fourth-order valence-corrected chi connectivity index (χ4v) is 1.73. The van der Waals surface area contributed by atoms with E-state index in [2.05, 4.69) is 5.10 Å². The summed E-state index contributed by atoms with van der Waals surface area (Å²) >= 11 is 0. The lowest BCUT2D eigenvalue weighted by Crippen LogP contribution is -2.07. The van der Waals surface area contributed by atoms with Crippen LogP contribution in [0.4, 0.5) is 5.82 Å². The second kappa shape index (κ2) is 5.14. The van der Waals surface area contributed by atoms with Crippen LogP contribution in [0.3, 0.4) is 0 Å². The Labute approximate surface area is 112 Å². The normalized spacial score (nSPS) is 10.7. The number of rotatable bonds is 4. The standard InChI is InChI=1S/C14H17N3O2/c1-9(2)19-11-6-4-10(5-7-11)13(18)12-8-16-17(3)14(12)15/h4-9H,15H2,1-3H3. The van der Waals surface area contributed by atoms with Crippen LogP contribution in [-0.4, -0.2) is 21.7 Å². The molecule has 0 aliphatic carbocycles. The molecule has 0 amide bonds. The summed E-state index contributed by atoms with van der Waals surface area (Å²) < 4.78 is 7.01. The van der Waals surface area contributed by atoms with Gasteiger partial charge in [0.25, 0.3) is 0 Å². The zero-order valence-corrected chi connectivity index (χ0v) is 11.3. The van der Waals surface area contributed by atoms with Crippen molar-refractivity contribution in [2.45, 2.75) is 20.0 Å². The smallest absolute Gasteiger partial charge is 0.198 e. The van der Waals surface area contributed by atoms with E-state index in [1.807, 2.05) is 13.8 Å². The molecule has 0 aliphatic heterocycles. The number of ketones is 1. The number of benzene rings is 1. The van der Waals surface area contributed by atoms with Gasteiger partial charge in [0.05, 0.1) is 17.9 Å². The van der Waals surface area contributed by atoms with Gasteiger partial charge < -0.3 is 10.5 Å². The molecule has 100 valence electrons. The molecule has 2 rings (SSSR count). The van der Waals surface area contributed by atoms with Crippen LogP contribution >= 0.6 is 0 Å². The molecule has 5 nitrogen and oxygen atoms in total. The molecule has 1 heterocycles. The summed E-state index contributed by atoms with van der Waals surface area (Å²) in [6.07, 6.45) is 1.59. The number of nitrogens with two attached hydrogens (primary N) is 1. The van der Waals surface area contributed by atoms with E-state index in [0.29, 0.717) is 16.9 Å². The van der Waals surface area contributed by atoms with E-state index in [9.17, 15) is 4.79 Å². The molecular weight excluding hydrogens is 242 g/mol. The molecule has 0 unspecified atom stereocenters. The third-order valence-corrected chi connectivity index (χ3v) is 2.72. The Morgan fingerprint density at radius 3 is 2.42 bits per heavy atom. The number of ether oxygens (including phenoxy) is 1. The number of carbonyl (C=O) groups excluding carboxylic acids is 1. The Bertz CT molecular complexity index is 585. The second-order valence-corrected chi connectivity index (χ2v) is 4.59. The molecule has 0 radical (unpaired) electrons. The summed E-state index contributed by atoms with van der Waals surface area (Å²) in [6.45, 7) is 3.91. The predicted molar refractivity (Wildman–Crippen MR) is 73.3 cm³/mol. The van der Waals surface area contributed by atoms with Crippen molar-refractivity contribution in [3.63, 3.8) is 0 Å². The summed E-state index contributed by atoms with van der Waals surface area (Å²) in [5.41, 5.74) is 6.77. The lowest BCUT2D eigenvalue weighted by Gasteiger charge is -2.09. The Kier molecular flexibility index (Phi) is 3.55. The first-order valence-corrected chi connectivity index (χ1v) is 6.08. The van der Waals surface area contributed by atoms with E-state index in [4.69, 9.17) is 10.5 Å². The van der Waals surface area contributed by atoms with Crippen LogP contribution in [0.2, 0.25) is 0 Å². The molecule has 0 bridgehead atoms. The molecule has 2 aromatic rings. The first-order chi connectivity index (χ1) is 8.99. The second-order valence-electron chi connectivity index (χ2n) is 4.59. The van der Waals surface area contributed by atoms with Gasteiger partial charge in [-0.2, -0.15) is 5.10 Å². The Balaban J connectivity index is 2.23. The highest BCUT2D eigenvalue weighted by Crippen LogP contribution is 2.19. The SMILES string of the molecule is CC(C)Oc1ccc(C(=O)c2cnn(C)c2N)cc1. The largest absolute Gasteiger partial charge is 0.491 e. The maximum Gasteiger partial charge on any atom is 0.198 e. The average molecular weight is 259 g/mol. The van der Waals surface area contributed by atoms with Gasteiger partial charge in [-0.3, -0.25) is 9.48 Å². The first kappa shape index (κ1) is 13.1. The highest BCUT2D eigenvalue weighted by atomic mass is 16.5.